The Morgan fingerprint density at radius 1 is 1.60 bits per heavy atom. The van der Waals surface area contributed by atoms with Crippen LogP contribution in [0.3, 0.4) is 0 Å². The second-order valence-electron chi connectivity index (χ2n) is 2.50. The average Bonchev–Trinajstić information content (AvgIpc) is 1.81. The molecule has 0 saturated carbocycles. The molecule has 0 aromatic rings. The average molecular weight is 163 g/mol. The fraction of sp³-hybridized carbons (Fsp3) is 0.714. The Labute approximate surface area is 65.8 Å². The van der Waals surface area contributed by atoms with Gasteiger partial charge in [0.25, 0.3) is 0 Å². The van der Waals surface area contributed by atoms with Crippen molar-refractivity contribution in [1.29, 1.82) is 0 Å². The van der Waals surface area contributed by atoms with Gasteiger partial charge >= 0.3 is 0 Å². The van der Waals surface area contributed by atoms with E-state index in [4.69, 9.17) is 21.8 Å². The summed E-state index contributed by atoms with van der Waals surface area (Å²) in [5.41, 5.74) is -1.05. The molecule has 0 radical (unpaired) electrons. The lowest BCUT2D eigenvalue weighted by Crippen LogP contribution is -2.16. The first-order valence-corrected chi connectivity index (χ1v) is 3.48. The second-order valence-corrected chi connectivity index (χ2v) is 2.81. The first-order valence-electron chi connectivity index (χ1n) is 2.95. The van der Waals surface area contributed by atoms with Crippen LogP contribution in [0.5, 0.6) is 0 Å². The molecule has 0 aromatic heterocycles. The van der Waals surface area contributed by atoms with Crippen molar-refractivity contribution in [2.24, 2.45) is 0 Å². The normalized spacial score (nSPS) is 13.7. The topological polar surface area (TPSA) is 40.5 Å². The van der Waals surface area contributed by atoms with Crippen LogP contribution in [0, 0.1) is 11.8 Å². The maximum atomic E-state index is 9.03. The molecule has 2 nitrogen and oxygen atoms in total. The Bertz CT molecular complexity index is 149. The molecule has 1 unspecified atom stereocenters. The van der Waals surface area contributed by atoms with E-state index in [-0.39, 0.29) is 5.88 Å². The van der Waals surface area contributed by atoms with Gasteiger partial charge in [-0.15, -0.1) is 11.6 Å². The molecule has 1 atom stereocenters. The van der Waals surface area contributed by atoms with Gasteiger partial charge in [0.2, 0.25) is 0 Å². The summed E-state index contributed by atoms with van der Waals surface area (Å²) >= 11 is 5.25. The molecule has 0 heterocycles. The van der Waals surface area contributed by atoms with E-state index in [0.29, 0.717) is 0 Å². The molecular weight excluding hydrogens is 152 g/mol. The zero-order chi connectivity index (χ0) is 8.20. The molecule has 10 heavy (non-hydrogen) atoms. The molecule has 0 bridgehead atoms. The van der Waals surface area contributed by atoms with Gasteiger partial charge in [0.15, 0.2) is 0 Å². The van der Waals surface area contributed by atoms with Gasteiger partial charge in [0.05, 0.1) is 5.88 Å². The van der Waals surface area contributed by atoms with Crippen LogP contribution in [0.15, 0.2) is 0 Å². The van der Waals surface area contributed by atoms with Crippen LogP contribution in [0.25, 0.3) is 0 Å². The predicted molar refractivity (Wildman–Crippen MR) is 40.8 cm³/mol. The highest BCUT2D eigenvalue weighted by Crippen LogP contribution is 1.97. The zero-order valence-electron chi connectivity index (χ0n) is 6.06. The number of alkyl halides is 1. The lowest BCUT2D eigenvalue weighted by Gasteiger charge is -2.06. The Balaban J connectivity index is 3.91. The second kappa shape index (κ2) is 3.82. The molecule has 0 aliphatic rings. The quantitative estimate of drug-likeness (QED) is 0.432. The molecular formula is C7H11ClO2. The van der Waals surface area contributed by atoms with Crippen LogP contribution in [0.4, 0.5) is 0 Å². The van der Waals surface area contributed by atoms with E-state index in [9.17, 15) is 0 Å². The van der Waals surface area contributed by atoms with Crippen LogP contribution in [-0.4, -0.2) is 27.8 Å². The summed E-state index contributed by atoms with van der Waals surface area (Å²) < 4.78 is 0. The Kier molecular flexibility index (Phi) is 3.73. The summed E-state index contributed by atoms with van der Waals surface area (Å²) in [7, 11) is 0. The highest BCUT2D eigenvalue weighted by atomic mass is 35.5. The minimum Gasteiger partial charge on any atom is -0.379 e. The molecule has 0 saturated heterocycles. The maximum absolute atomic E-state index is 9.03. The number of aliphatic hydroxyl groups excluding tert-OH is 1. The molecule has 0 aromatic carbocycles. The van der Waals surface area contributed by atoms with Crippen LogP contribution in [0.1, 0.15) is 13.8 Å². The van der Waals surface area contributed by atoms with Crippen molar-refractivity contribution in [3.05, 3.63) is 0 Å². The highest BCUT2D eigenvalue weighted by Gasteiger charge is 2.06. The molecule has 3 heteroatoms. The Hall–Kier alpha value is -0.230. The van der Waals surface area contributed by atoms with Crippen molar-refractivity contribution in [2.45, 2.75) is 25.6 Å². The third kappa shape index (κ3) is 5.90. The molecule has 0 aliphatic carbocycles. The van der Waals surface area contributed by atoms with E-state index >= 15 is 0 Å². The summed E-state index contributed by atoms with van der Waals surface area (Å²) in [6.07, 6.45) is -0.840. The molecule has 58 valence electrons. The summed E-state index contributed by atoms with van der Waals surface area (Å²) in [6.45, 7) is 3.09. The summed E-state index contributed by atoms with van der Waals surface area (Å²) in [5.74, 6) is 4.91. The minimum atomic E-state index is -1.05. The first-order chi connectivity index (χ1) is 4.45. The van der Waals surface area contributed by atoms with Gasteiger partial charge in [0.1, 0.15) is 11.7 Å². The van der Waals surface area contributed by atoms with E-state index in [2.05, 4.69) is 11.8 Å². The van der Waals surface area contributed by atoms with Gasteiger partial charge in [0, 0.05) is 0 Å². The maximum Gasteiger partial charge on any atom is 0.128 e. The predicted octanol–water partition coefficient (Wildman–Crippen LogP) is 0.360. The number of halogens is 1. The molecule has 0 amide bonds. The van der Waals surface area contributed by atoms with Crippen LogP contribution >= 0.6 is 11.6 Å². The van der Waals surface area contributed by atoms with E-state index in [1.807, 2.05) is 0 Å². The number of rotatable bonds is 1. The fourth-order valence-electron chi connectivity index (χ4n) is 0.298. The molecule has 0 aliphatic heterocycles. The fourth-order valence-corrected chi connectivity index (χ4v) is 0.376. The van der Waals surface area contributed by atoms with Crippen molar-refractivity contribution in [3.8, 4) is 11.8 Å². The van der Waals surface area contributed by atoms with Gasteiger partial charge in [-0.05, 0) is 13.8 Å². The first kappa shape index (κ1) is 9.77. The van der Waals surface area contributed by atoms with E-state index in [1.165, 1.54) is 0 Å². The van der Waals surface area contributed by atoms with Crippen LogP contribution in [-0.2, 0) is 0 Å². The van der Waals surface area contributed by atoms with Gasteiger partial charge < -0.3 is 10.2 Å². The van der Waals surface area contributed by atoms with Crippen molar-refractivity contribution < 1.29 is 10.2 Å². The van der Waals surface area contributed by atoms with Crippen molar-refractivity contribution >= 4 is 11.6 Å². The van der Waals surface area contributed by atoms with Crippen molar-refractivity contribution in [3.63, 3.8) is 0 Å². The summed E-state index contributed by atoms with van der Waals surface area (Å²) in [5, 5.41) is 17.8. The van der Waals surface area contributed by atoms with Gasteiger partial charge in [-0.25, -0.2) is 0 Å². The van der Waals surface area contributed by atoms with E-state index in [0.717, 1.165) is 0 Å². The lowest BCUT2D eigenvalue weighted by molar-refractivity contribution is 0.142. The largest absolute Gasteiger partial charge is 0.379 e. The summed E-state index contributed by atoms with van der Waals surface area (Å²) in [6, 6.07) is 0. The summed E-state index contributed by atoms with van der Waals surface area (Å²) in [4.78, 5) is 0. The molecule has 0 rings (SSSR count). The molecule has 0 spiro atoms. The Morgan fingerprint density at radius 3 is 2.40 bits per heavy atom. The number of hydrogen-bond acceptors (Lipinski definition) is 2. The van der Waals surface area contributed by atoms with Gasteiger partial charge in [-0.1, -0.05) is 11.8 Å². The monoisotopic (exact) mass is 162 g/mol. The Morgan fingerprint density at radius 2 is 2.10 bits per heavy atom. The van der Waals surface area contributed by atoms with Crippen LogP contribution < -0.4 is 0 Å². The smallest absolute Gasteiger partial charge is 0.128 e. The standard InChI is InChI=1S/C7H11ClO2/c1-7(2,10)4-3-6(9)5-8/h6,9-10H,5H2,1-2H3. The zero-order valence-corrected chi connectivity index (χ0v) is 6.81. The SMILES string of the molecule is CC(C)(O)C#CC(O)CCl. The van der Waals surface area contributed by atoms with E-state index in [1.54, 1.807) is 13.8 Å². The van der Waals surface area contributed by atoms with Gasteiger partial charge in [-0.2, -0.15) is 0 Å². The van der Waals surface area contributed by atoms with Crippen molar-refractivity contribution in [1.82, 2.24) is 0 Å². The van der Waals surface area contributed by atoms with E-state index < -0.39 is 11.7 Å². The molecule has 2 N–H and O–H groups in total. The van der Waals surface area contributed by atoms with Gasteiger partial charge in [-0.3, -0.25) is 0 Å². The third-order valence-electron chi connectivity index (χ3n) is 0.691. The molecule has 0 fully saturated rings. The number of aliphatic hydroxyl groups is 2. The third-order valence-corrected chi connectivity index (χ3v) is 0.983. The minimum absolute atomic E-state index is 0.0725. The van der Waals surface area contributed by atoms with Crippen molar-refractivity contribution in [2.75, 3.05) is 5.88 Å². The lowest BCUT2D eigenvalue weighted by atomic mass is 10.1. The number of hydrogen-bond donors (Lipinski definition) is 2. The highest BCUT2D eigenvalue weighted by molar-refractivity contribution is 6.18. The van der Waals surface area contributed by atoms with Crippen LogP contribution in [0.2, 0.25) is 0 Å².